The molecule has 3 rings (SSSR count). The van der Waals surface area contributed by atoms with Crippen LogP contribution in [0.3, 0.4) is 0 Å². The van der Waals surface area contributed by atoms with Crippen molar-refractivity contribution in [2.45, 2.75) is 19.9 Å². The van der Waals surface area contributed by atoms with Crippen molar-refractivity contribution >= 4 is 39.7 Å². The number of aromatic nitrogens is 5. The number of ether oxygens (including phenoxy) is 1. The largest absolute Gasteiger partial charge is 0.482 e. The van der Waals surface area contributed by atoms with Gasteiger partial charge < -0.3 is 20.4 Å². The molecule has 3 N–H and O–H groups in total. The molecule has 0 saturated carbocycles. The average Bonchev–Trinajstić information content (AvgIpc) is 3.24. The maximum Gasteiger partial charge on any atom is 0.263 e. The highest BCUT2D eigenvalue weighted by Crippen LogP contribution is 2.20. The minimum Gasteiger partial charge on any atom is -0.482 e. The molecule has 3 heterocycles. The third-order valence-corrected chi connectivity index (χ3v) is 4.61. The molecule has 0 aliphatic carbocycles. The van der Waals surface area contributed by atoms with E-state index in [1.807, 2.05) is 18.4 Å². The van der Waals surface area contributed by atoms with E-state index in [0.717, 1.165) is 4.47 Å². The molecule has 0 fully saturated rings. The van der Waals surface area contributed by atoms with Gasteiger partial charge in [0.05, 0.1) is 7.11 Å². The molecule has 11 heteroatoms. The van der Waals surface area contributed by atoms with Gasteiger partial charge in [0.2, 0.25) is 0 Å². The molecular weight excluding hydrogens is 464 g/mol. The van der Waals surface area contributed by atoms with E-state index in [-0.39, 0.29) is 17.5 Å². The van der Waals surface area contributed by atoms with Crippen molar-refractivity contribution in [1.29, 1.82) is 0 Å². The second kappa shape index (κ2) is 9.94. The molecule has 3 aromatic rings. The number of rotatable bonds is 7. The number of nitrogens with zero attached hydrogens (tertiary/aromatic N) is 6. The number of anilines is 1. The van der Waals surface area contributed by atoms with Crippen molar-refractivity contribution in [2.75, 3.05) is 12.4 Å². The van der Waals surface area contributed by atoms with Crippen LogP contribution >= 0.6 is 15.9 Å². The number of nitrogens with one attached hydrogen (secondary N) is 1. The monoisotopic (exact) mass is 484 g/mol. The Bertz CT molecular complexity index is 1140. The number of amides is 1. The van der Waals surface area contributed by atoms with Crippen molar-refractivity contribution in [1.82, 2.24) is 24.7 Å². The van der Waals surface area contributed by atoms with E-state index in [1.54, 1.807) is 42.9 Å². The van der Waals surface area contributed by atoms with Crippen LogP contribution in [0.4, 0.5) is 11.6 Å². The molecule has 31 heavy (non-hydrogen) atoms. The van der Waals surface area contributed by atoms with Crippen LogP contribution in [0.25, 0.3) is 11.5 Å². The Labute approximate surface area is 187 Å². The van der Waals surface area contributed by atoms with Crippen LogP contribution in [0.15, 0.2) is 63.8 Å². The molecule has 1 amide bonds. The Kier molecular flexibility index (Phi) is 7.08. The van der Waals surface area contributed by atoms with E-state index < -0.39 is 5.91 Å². The molecule has 0 aliphatic rings. The Morgan fingerprint density at radius 2 is 2.16 bits per heavy atom. The number of pyridine rings is 2. The normalized spacial score (nSPS) is 12.2. The first-order valence-electron chi connectivity index (χ1n) is 9.26. The highest BCUT2D eigenvalue weighted by molar-refractivity contribution is 9.10. The van der Waals surface area contributed by atoms with E-state index in [9.17, 15) is 4.79 Å². The zero-order valence-electron chi connectivity index (χ0n) is 17.2. The smallest absolute Gasteiger partial charge is 0.263 e. The number of carbonyl (C=O) groups excluding carboxylic acids is 1. The molecule has 0 aliphatic heterocycles. The summed E-state index contributed by atoms with van der Waals surface area (Å²) < 4.78 is 7.74. The highest BCUT2D eigenvalue weighted by Gasteiger charge is 2.16. The number of hydrogen-bond donors (Lipinski definition) is 2. The van der Waals surface area contributed by atoms with Gasteiger partial charge in [0.1, 0.15) is 23.4 Å². The third kappa shape index (κ3) is 5.51. The summed E-state index contributed by atoms with van der Waals surface area (Å²) in [7, 11) is 1.37. The van der Waals surface area contributed by atoms with Gasteiger partial charge in [0.25, 0.3) is 5.91 Å². The Balaban J connectivity index is 1.85. The van der Waals surface area contributed by atoms with E-state index in [0.29, 0.717) is 23.2 Å². The van der Waals surface area contributed by atoms with Gasteiger partial charge in [-0.1, -0.05) is 22.0 Å². The number of methoxy groups -OCH3 is 1. The van der Waals surface area contributed by atoms with Gasteiger partial charge in [0.15, 0.2) is 17.5 Å². The maximum atomic E-state index is 12.9. The Hall–Kier alpha value is -3.60. The molecule has 0 atom stereocenters. The number of nitrogens with two attached hydrogens (primary N) is 1. The predicted molar refractivity (Wildman–Crippen MR) is 121 cm³/mol. The van der Waals surface area contributed by atoms with E-state index in [2.05, 4.69) is 46.4 Å². The summed E-state index contributed by atoms with van der Waals surface area (Å²) >= 11 is 3.35. The first kappa shape index (κ1) is 22.1. The molecule has 0 spiro atoms. The second-order valence-corrected chi connectivity index (χ2v) is 7.51. The molecule has 0 unspecified atom stereocenters. The molecule has 0 radical (unpaired) electrons. The van der Waals surface area contributed by atoms with Gasteiger partial charge in [-0.15, -0.1) is 10.2 Å². The quantitative estimate of drug-likeness (QED) is 0.298. The van der Waals surface area contributed by atoms with Gasteiger partial charge in [-0.2, -0.15) is 0 Å². The minimum absolute atomic E-state index is 0.0295. The van der Waals surface area contributed by atoms with E-state index in [4.69, 9.17) is 10.5 Å². The van der Waals surface area contributed by atoms with Crippen molar-refractivity contribution in [3.63, 3.8) is 0 Å². The Morgan fingerprint density at radius 1 is 1.35 bits per heavy atom. The summed E-state index contributed by atoms with van der Waals surface area (Å²) in [6.45, 7) is 4.03. The predicted octanol–water partition coefficient (Wildman–Crippen LogP) is 3.24. The molecule has 0 aromatic carbocycles. The number of halogens is 1. The van der Waals surface area contributed by atoms with Crippen LogP contribution in [0.2, 0.25) is 0 Å². The second-order valence-electron chi connectivity index (χ2n) is 6.59. The third-order valence-electron chi connectivity index (χ3n) is 4.11. The average molecular weight is 485 g/mol. The molecular formula is C20H21BrN8O2. The lowest BCUT2D eigenvalue weighted by atomic mass is 10.2. The van der Waals surface area contributed by atoms with Crippen molar-refractivity contribution in [3.8, 4) is 11.5 Å². The summed E-state index contributed by atoms with van der Waals surface area (Å²) in [6.07, 6.45) is 4.52. The van der Waals surface area contributed by atoms with Crippen LogP contribution < -0.4 is 11.1 Å². The zero-order chi connectivity index (χ0) is 22.4. The summed E-state index contributed by atoms with van der Waals surface area (Å²) in [5.74, 6) is 0.688. The van der Waals surface area contributed by atoms with Crippen LogP contribution in [-0.4, -0.2) is 44.0 Å². The summed E-state index contributed by atoms with van der Waals surface area (Å²) in [5.41, 5.74) is 6.46. The lowest BCUT2D eigenvalue weighted by Crippen LogP contribution is -2.21. The van der Waals surface area contributed by atoms with Gasteiger partial charge >= 0.3 is 0 Å². The van der Waals surface area contributed by atoms with E-state index in [1.165, 1.54) is 13.3 Å². The number of aliphatic imine (C=N–C) groups is 1. The number of carbonyl (C=O) groups is 1. The van der Waals surface area contributed by atoms with Gasteiger partial charge in [-0.25, -0.2) is 15.0 Å². The lowest BCUT2D eigenvalue weighted by molar-refractivity contribution is -0.112. The molecule has 0 bridgehead atoms. The fraction of sp³-hybridized carbons (Fsp3) is 0.200. The highest BCUT2D eigenvalue weighted by atomic mass is 79.9. The zero-order valence-corrected chi connectivity index (χ0v) is 18.7. The minimum atomic E-state index is -0.534. The number of hydrogen-bond acceptors (Lipinski definition) is 8. The van der Waals surface area contributed by atoms with Crippen molar-refractivity contribution < 1.29 is 9.53 Å². The SMILES string of the molecule is CO/C(N)=C(/C=Nc1cc(Br)ccn1)C(=O)Nc1cccc(-c2nncn2C(C)C)n1. The van der Waals surface area contributed by atoms with Crippen LogP contribution in [-0.2, 0) is 9.53 Å². The van der Waals surface area contributed by atoms with Gasteiger partial charge in [0, 0.05) is 22.9 Å². The summed E-state index contributed by atoms with van der Waals surface area (Å²) in [6, 6.07) is 8.84. The topological polar surface area (TPSA) is 133 Å². The summed E-state index contributed by atoms with van der Waals surface area (Å²) in [5, 5.41) is 10.8. The van der Waals surface area contributed by atoms with Crippen LogP contribution in [0.1, 0.15) is 19.9 Å². The molecule has 0 saturated heterocycles. The lowest BCUT2D eigenvalue weighted by Gasteiger charge is -2.11. The summed E-state index contributed by atoms with van der Waals surface area (Å²) in [4.78, 5) is 25.6. The van der Waals surface area contributed by atoms with Crippen molar-refractivity contribution in [2.24, 2.45) is 10.7 Å². The maximum absolute atomic E-state index is 12.9. The first-order valence-corrected chi connectivity index (χ1v) is 10.1. The van der Waals surface area contributed by atoms with Crippen molar-refractivity contribution in [3.05, 3.63) is 58.8 Å². The molecule has 10 nitrogen and oxygen atoms in total. The van der Waals surface area contributed by atoms with E-state index >= 15 is 0 Å². The molecule has 3 aromatic heterocycles. The van der Waals surface area contributed by atoms with Gasteiger partial charge in [-0.05, 0) is 38.1 Å². The fourth-order valence-electron chi connectivity index (χ4n) is 2.56. The standard InChI is InChI=1S/C20H21BrN8O2/c1-12(2)29-11-25-28-19(29)15-5-4-6-16(26-15)27-20(30)14(18(22)31-3)10-24-17-9-13(21)7-8-23-17/h4-12H,22H2,1-3H3,(H,26,27,30)/b18-14-,24-10?. The Morgan fingerprint density at radius 3 is 2.87 bits per heavy atom. The fourth-order valence-corrected chi connectivity index (χ4v) is 2.88. The van der Waals surface area contributed by atoms with Gasteiger partial charge in [-0.3, -0.25) is 4.79 Å². The van der Waals surface area contributed by atoms with Crippen LogP contribution in [0, 0.1) is 0 Å². The molecule has 160 valence electrons. The van der Waals surface area contributed by atoms with Crippen LogP contribution in [0.5, 0.6) is 0 Å². The first-order chi connectivity index (χ1) is 14.9.